The molecule has 23 heavy (non-hydrogen) atoms. The van der Waals surface area contributed by atoms with Gasteiger partial charge >= 0.3 is 0 Å². The molecule has 0 bridgehead atoms. The van der Waals surface area contributed by atoms with Crippen molar-refractivity contribution in [3.05, 3.63) is 51.3 Å². The van der Waals surface area contributed by atoms with Crippen LogP contribution in [0, 0.1) is 13.8 Å². The van der Waals surface area contributed by atoms with Crippen LogP contribution in [-0.2, 0) is 5.54 Å². The molecule has 2 rings (SSSR count). The van der Waals surface area contributed by atoms with Crippen molar-refractivity contribution in [3.63, 3.8) is 0 Å². The van der Waals surface area contributed by atoms with E-state index in [9.17, 15) is 4.79 Å². The average Bonchev–Trinajstić information content (AvgIpc) is 2.74. The number of Topliss-reactive ketones (excluding diaryl/α,β-unsaturated/α-hetero) is 1. The Morgan fingerprint density at radius 2 is 1.83 bits per heavy atom. The van der Waals surface area contributed by atoms with E-state index in [0.717, 1.165) is 17.0 Å². The van der Waals surface area contributed by atoms with Gasteiger partial charge in [-0.15, -0.1) is 0 Å². The van der Waals surface area contributed by atoms with Crippen LogP contribution < -0.4 is 5.32 Å². The molecule has 0 aliphatic heterocycles. The summed E-state index contributed by atoms with van der Waals surface area (Å²) in [6, 6.07) is 7.09. The van der Waals surface area contributed by atoms with Crippen LogP contribution in [0.2, 0.25) is 10.0 Å². The van der Waals surface area contributed by atoms with E-state index in [0.29, 0.717) is 15.7 Å². The Balaban J connectivity index is 2.21. The lowest BCUT2D eigenvalue weighted by molar-refractivity contribution is 0.101. The van der Waals surface area contributed by atoms with Crippen LogP contribution in [0.25, 0.3) is 0 Å². The van der Waals surface area contributed by atoms with Crippen LogP contribution in [0.1, 0.15) is 42.5 Å². The second-order valence-corrected chi connectivity index (χ2v) is 7.54. The summed E-state index contributed by atoms with van der Waals surface area (Å²) in [5, 5.41) is 4.19. The first-order chi connectivity index (χ1) is 10.6. The summed E-state index contributed by atoms with van der Waals surface area (Å²) >= 11 is 12.1. The second-order valence-electron chi connectivity index (χ2n) is 6.69. The van der Waals surface area contributed by atoms with E-state index in [-0.39, 0.29) is 17.9 Å². The first-order valence-electron chi connectivity index (χ1n) is 7.53. The molecule has 0 aliphatic rings. The summed E-state index contributed by atoms with van der Waals surface area (Å²) in [5.41, 5.74) is 3.41. The molecule has 0 unspecified atom stereocenters. The van der Waals surface area contributed by atoms with Gasteiger partial charge in [-0.3, -0.25) is 4.79 Å². The highest BCUT2D eigenvalue weighted by molar-refractivity contribution is 6.35. The fourth-order valence-corrected chi connectivity index (χ4v) is 3.34. The molecular weight excluding hydrogens is 331 g/mol. The molecule has 0 fully saturated rings. The minimum atomic E-state index is -0.0591. The van der Waals surface area contributed by atoms with Crippen molar-refractivity contribution in [1.82, 2.24) is 4.57 Å². The molecule has 0 atom stereocenters. The zero-order chi connectivity index (χ0) is 17.4. The van der Waals surface area contributed by atoms with Crippen molar-refractivity contribution in [3.8, 4) is 0 Å². The van der Waals surface area contributed by atoms with E-state index < -0.39 is 0 Å². The van der Waals surface area contributed by atoms with Crippen LogP contribution in [0.3, 0.4) is 0 Å². The molecule has 2 aromatic rings. The highest BCUT2D eigenvalue weighted by Crippen LogP contribution is 2.27. The van der Waals surface area contributed by atoms with Crippen LogP contribution in [-0.4, -0.2) is 16.9 Å². The molecule has 1 aromatic heterocycles. The van der Waals surface area contributed by atoms with Gasteiger partial charge in [0.25, 0.3) is 0 Å². The van der Waals surface area contributed by atoms with Crippen molar-refractivity contribution >= 4 is 34.7 Å². The Bertz CT molecular complexity index is 742. The molecule has 0 spiro atoms. The van der Waals surface area contributed by atoms with Crippen LogP contribution in [0.5, 0.6) is 0 Å². The maximum absolute atomic E-state index is 12.6. The predicted molar refractivity (Wildman–Crippen MR) is 98.2 cm³/mol. The molecule has 0 saturated heterocycles. The number of carbonyl (C=O) groups is 1. The predicted octanol–water partition coefficient (Wildman–Crippen LogP) is 5.46. The highest BCUT2D eigenvalue weighted by atomic mass is 35.5. The fourth-order valence-electron chi connectivity index (χ4n) is 2.98. The van der Waals surface area contributed by atoms with Crippen LogP contribution in [0.15, 0.2) is 24.3 Å². The van der Waals surface area contributed by atoms with Crippen molar-refractivity contribution in [2.24, 2.45) is 0 Å². The average molecular weight is 353 g/mol. The Morgan fingerprint density at radius 1 is 1.17 bits per heavy atom. The lowest BCUT2D eigenvalue weighted by Gasteiger charge is -2.25. The molecule has 0 amide bonds. The molecule has 0 aliphatic carbocycles. The van der Waals surface area contributed by atoms with E-state index in [4.69, 9.17) is 23.2 Å². The number of aromatic nitrogens is 1. The third-order valence-corrected chi connectivity index (χ3v) is 4.33. The number of anilines is 1. The monoisotopic (exact) mass is 352 g/mol. The molecule has 3 nitrogen and oxygen atoms in total. The van der Waals surface area contributed by atoms with Gasteiger partial charge in [0.05, 0.1) is 17.3 Å². The summed E-state index contributed by atoms with van der Waals surface area (Å²) in [5.74, 6) is 0.0321. The van der Waals surface area contributed by atoms with E-state index in [1.807, 2.05) is 19.9 Å². The zero-order valence-electron chi connectivity index (χ0n) is 14.1. The van der Waals surface area contributed by atoms with Crippen molar-refractivity contribution in [2.45, 2.75) is 40.2 Å². The van der Waals surface area contributed by atoms with Gasteiger partial charge in [-0.2, -0.15) is 0 Å². The van der Waals surface area contributed by atoms with E-state index >= 15 is 0 Å². The number of nitrogens with one attached hydrogen (secondary N) is 1. The minimum absolute atomic E-state index is 0.0321. The Hall–Kier alpha value is -1.45. The lowest BCUT2D eigenvalue weighted by Crippen LogP contribution is -2.24. The molecular formula is C18H22Cl2N2O. The van der Waals surface area contributed by atoms with Gasteiger partial charge in [-0.05, 0) is 58.9 Å². The number of aryl methyl sites for hydroxylation is 1. The third-order valence-electron chi connectivity index (χ3n) is 3.77. The summed E-state index contributed by atoms with van der Waals surface area (Å²) in [7, 11) is 0. The standard InChI is InChI=1S/C18H22Cl2N2O/c1-11-8-14(12(2)22(11)18(3,4)5)17(23)10-21-16-9-13(19)6-7-15(16)20/h6-9,21H,10H2,1-5H3. The smallest absolute Gasteiger partial charge is 0.183 e. The molecule has 0 radical (unpaired) electrons. The summed E-state index contributed by atoms with van der Waals surface area (Å²) in [6.07, 6.45) is 0. The molecule has 124 valence electrons. The van der Waals surface area contributed by atoms with Gasteiger partial charge in [-0.25, -0.2) is 0 Å². The number of carbonyl (C=O) groups excluding carboxylic acids is 1. The Morgan fingerprint density at radius 3 is 2.39 bits per heavy atom. The minimum Gasteiger partial charge on any atom is -0.376 e. The summed E-state index contributed by atoms with van der Waals surface area (Å²) < 4.78 is 2.19. The number of halogens is 2. The quantitative estimate of drug-likeness (QED) is 0.741. The van der Waals surface area contributed by atoms with Gasteiger partial charge < -0.3 is 9.88 Å². The van der Waals surface area contributed by atoms with Crippen molar-refractivity contribution < 1.29 is 4.79 Å². The SMILES string of the molecule is Cc1cc(C(=O)CNc2cc(Cl)ccc2Cl)c(C)n1C(C)(C)C. The largest absolute Gasteiger partial charge is 0.376 e. The molecule has 1 aromatic carbocycles. The summed E-state index contributed by atoms with van der Waals surface area (Å²) in [6.45, 7) is 10.6. The number of hydrogen-bond donors (Lipinski definition) is 1. The topological polar surface area (TPSA) is 34.0 Å². The first kappa shape index (κ1) is 17.9. The Labute approximate surface area is 147 Å². The van der Waals surface area contributed by atoms with Gasteiger partial charge in [0.1, 0.15) is 0 Å². The van der Waals surface area contributed by atoms with Gasteiger partial charge in [0.2, 0.25) is 0 Å². The first-order valence-corrected chi connectivity index (χ1v) is 8.28. The van der Waals surface area contributed by atoms with Gasteiger partial charge in [0.15, 0.2) is 5.78 Å². The van der Waals surface area contributed by atoms with E-state index in [2.05, 4.69) is 30.7 Å². The van der Waals surface area contributed by atoms with Crippen molar-refractivity contribution in [2.75, 3.05) is 11.9 Å². The van der Waals surface area contributed by atoms with Crippen LogP contribution >= 0.6 is 23.2 Å². The maximum atomic E-state index is 12.6. The van der Waals surface area contributed by atoms with Gasteiger partial charge in [0, 0.05) is 27.5 Å². The number of hydrogen-bond acceptors (Lipinski definition) is 2. The third kappa shape index (κ3) is 3.91. The normalized spacial score (nSPS) is 11.6. The Kier molecular flexibility index (Phi) is 5.12. The maximum Gasteiger partial charge on any atom is 0.183 e. The number of nitrogens with zero attached hydrogens (tertiary/aromatic N) is 1. The highest BCUT2D eigenvalue weighted by Gasteiger charge is 2.22. The van der Waals surface area contributed by atoms with Crippen molar-refractivity contribution in [1.29, 1.82) is 0 Å². The lowest BCUT2D eigenvalue weighted by atomic mass is 10.1. The van der Waals surface area contributed by atoms with E-state index in [1.54, 1.807) is 18.2 Å². The summed E-state index contributed by atoms with van der Waals surface area (Å²) in [4.78, 5) is 12.6. The molecule has 1 heterocycles. The van der Waals surface area contributed by atoms with Gasteiger partial charge in [-0.1, -0.05) is 23.2 Å². The molecule has 1 N–H and O–H groups in total. The molecule has 0 saturated carbocycles. The molecule has 5 heteroatoms. The van der Waals surface area contributed by atoms with Crippen LogP contribution in [0.4, 0.5) is 5.69 Å². The number of benzene rings is 1. The number of ketones is 1. The van der Waals surface area contributed by atoms with E-state index in [1.165, 1.54) is 0 Å². The number of rotatable bonds is 4. The second kappa shape index (κ2) is 6.58. The fraction of sp³-hybridized carbons (Fsp3) is 0.389. The zero-order valence-corrected chi connectivity index (χ0v) is 15.6.